The van der Waals surface area contributed by atoms with E-state index in [0.717, 1.165) is 24.6 Å². The van der Waals surface area contributed by atoms with Gasteiger partial charge >= 0.3 is 5.97 Å². The van der Waals surface area contributed by atoms with E-state index in [-0.39, 0.29) is 0 Å². The van der Waals surface area contributed by atoms with E-state index in [1.807, 2.05) is 12.1 Å². The number of hydrogen-bond acceptors (Lipinski definition) is 2. The molecule has 0 amide bonds. The minimum atomic E-state index is -0.852. The summed E-state index contributed by atoms with van der Waals surface area (Å²) in [5.74, 6) is 0.00481. The van der Waals surface area contributed by atoms with Gasteiger partial charge in [0.15, 0.2) is 0 Å². The molecular formula is C15H21NO2. The number of benzene rings is 1. The van der Waals surface area contributed by atoms with Gasteiger partial charge in [-0.2, -0.15) is 0 Å². The van der Waals surface area contributed by atoms with Gasteiger partial charge in [0, 0.05) is 19.1 Å². The van der Waals surface area contributed by atoms with Crippen molar-refractivity contribution >= 4 is 5.97 Å². The number of carboxylic acid groups (broad SMARTS) is 1. The van der Waals surface area contributed by atoms with Crippen molar-refractivity contribution in [2.75, 3.05) is 6.54 Å². The van der Waals surface area contributed by atoms with Crippen molar-refractivity contribution in [2.45, 2.75) is 39.3 Å². The van der Waals surface area contributed by atoms with Crippen LogP contribution in [0.25, 0.3) is 0 Å². The molecule has 0 aliphatic heterocycles. The summed E-state index contributed by atoms with van der Waals surface area (Å²) in [5, 5.41) is 8.99. The van der Waals surface area contributed by atoms with E-state index in [9.17, 15) is 4.79 Å². The van der Waals surface area contributed by atoms with E-state index in [2.05, 4.69) is 18.7 Å². The molecule has 1 aliphatic carbocycles. The molecular weight excluding hydrogens is 226 g/mol. The molecule has 0 spiro atoms. The summed E-state index contributed by atoms with van der Waals surface area (Å²) in [5.41, 5.74) is 1.46. The zero-order valence-electron chi connectivity index (χ0n) is 11.1. The Bertz CT molecular complexity index is 424. The largest absolute Gasteiger partial charge is 0.478 e. The first-order chi connectivity index (χ1) is 8.56. The lowest BCUT2D eigenvalue weighted by Gasteiger charge is -2.26. The Hall–Kier alpha value is -1.35. The lowest BCUT2D eigenvalue weighted by atomic mass is 10.1. The van der Waals surface area contributed by atoms with Gasteiger partial charge in [-0.3, -0.25) is 4.90 Å². The van der Waals surface area contributed by atoms with Crippen molar-refractivity contribution in [2.24, 2.45) is 5.92 Å². The fraction of sp³-hybridized carbons (Fsp3) is 0.533. The number of hydrogen-bond donors (Lipinski definition) is 1. The summed E-state index contributed by atoms with van der Waals surface area (Å²) in [7, 11) is 0. The summed E-state index contributed by atoms with van der Waals surface area (Å²) >= 11 is 0. The van der Waals surface area contributed by atoms with E-state index >= 15 is 0 Å². The van der Waals surface area contributed by atoms with Crippen LogP contribution in [0.1, 0.15) is 42.6 Å². The molecule has 1 aromatic rings. The molecule has 0 heterocycles. The van der Waals surface area contributed by atoms with Crippen molar-refractivity contribution < 1.29 is 9.90 Å². The van der Waals surface area contributed by atoms with Gasteiger partial charge in [0.1, 0.15) is 0 Å². The van der Waals surface area contributed by atoms with Crippen LogP contribution in [-0.2, 0) is 6.54 Å². The third-order valence-corrected chi connectivity index (χ3v) is 3.48. The van der Waals surface area contributed by atoms with Crippen LogP contribution < -0.4 is 0 Å². The van der Waals surface area contributed by atoms with E-state index in [1.54, 1.807) is 12.1 Å². The minimum absolute atomic E-state index is 0.377. The van der Waals surface area contributed by atoms with Gasteiger partial charge in [-0.15, -0.1) is 0 Å². The van der Waals surface area contributed by atoms with Gasteiger partial charge in [-0.05, 0) is 50.3 Å². The summed E-state index contributed by atoms with van der Waals surface area (Å²) in [4.78, 5) is 13.4. The smallest absolute Gasteiger partial charge is 0.335 e. The topological polar surface area (TPSA) is 40.5 Å². The van der Waals surface area contributed by atoms with Crippen molar-refractivity contribution in [1.82, 2.24) is 4.90 Å². The highest BCUT2D eigenvalue weighted by atomic mass is 16.4. The quantitative estimate of drug-likeness (QED) is 0.840. The minimum Gasteiger partial charge on any atom is -0.478 e. The molecule has 1 N–H and O–H groups in total. The van der Waals surface area contributed by atoms with Gasteiger partial charge in [-0.1, -0.05) is 12.1 Å². The van der Waals surface area contributed by atoms with Crippen LogP contribution in [0.3, 0.4) is 0 Å². The van der Waals surface area contributed by atoms with Gasteiger partial charge in [0.25, 0.3) is 0 Å². The Labute approximate surface area is 108 Å². The van der Waals surface area contributed by atoms with E-state index in [4.69, 9.17) is 5.11 Å². The standard InChI is InChI=1S/C15H21NO2/c1-11(2)16(9-12-6-7-12)10-13-4-3-5-14(8-13)15(17)18/h3-5,8,11-12H,6-7,9-10H2,1-2H3,(H,17,18). The van der Waals surface area contributed by atoms with Crippen LogP contribution in [0.2, 0.25) is 0 Å². The van der Waals surface area contributed by atoms with E-state index in [1.165, 1.54) is 12.8 Å². The highest BCUT2D eigenvalue weighted by Gasteiger charge is 2.25. The first-order valence-corrected chi connectivity index (χ1v) is 6.62. The Kier molecular flexibility index (Phi) is 4.02. The van der Waals surface area contributed by atoms with Gasteiger partial charge < -0.3 is 5.11 Å². The second kappa shape index (κ2) is 5.53. The lowest BCUT2D eigenvalue weighted by molar-refractivity contribution is 0.0696. The number of rotatable bonds is 6. The molecule has 1 aliphatic rings. The second-order valence-corrected chi connectivity index (χ2v) is 5.47. The maximum absolute atomic E-state index is 10.9. The molecule has 3 nitrogen and oxygen atoms in total. The zero-order chi connectivity index (χ0) is 13.1. The second-order valence-electron chi connectivity index (χ2n) is 5.47. The summed E-state index contributed by atoms with van der Waals surface area (Å²) in [6.45, 7) is 6.37. The van der Waals surface area contributed by atoms with Gasteiger partial charge in [0.2, 0.25) is 0 Å². The molecule has 0 atom stereocenters. The normalized spacial score (nSPS) is 15.3. The SMILES string of the molecule is CC(C)N(Cc1cccc(C(=O)O)c1)CC1CC1. The Morgan fingerprint density at radius 2 is 2.17 bits per heavy atom. The molecule has 0 aromatic heterocycles. The van der Waals surface area contributed by atoms with Crippen LogP contribution in [-0.4, -0.2) is 28.6 Å². The van der Waals surface area contributed by atoms with E-state index in [0.29, 0.717) is 11.6 Å². The van der Waals surface area contributed by atoms with Crippen molar-refractivity contribution in [3.8, 4) is 0 Å². The molecule has 1 aromatic carbocycles. The van der Waals surface area contributed by atoms with Crippen molar-refractivity contribution in [1.29, 1.82) is 0 Å². The maximum Gasteiger partial charge on any atom is 0.335 e. The predicted octanol–water partition coefficient (Wildman–Crippen LogP) is 3.01. The van der Waals surface area contributed by atoms with Crippen molar-refractivity contribution in [3.05, 3.63) is 35.4 Å². The summed E-state index contributed by atoms with van der Waals surface area (Å²) in [6.07, 6.45) is 2.69. The number of nitrogens with zero attached hydrogens (tertiary/aromatic N) is 1. The highest BCUT2D eigenvalue weighted by molar-refractivity contribution is 5.87. The third-order valence-electron chi connectivity index (χ3n) is 3.48. The maximum atomic E-state index is 10.9. The average molecular weight is 247 g/mol. The number of carbonyl (C=O) groups is 1. The first kappa shape index (κ1) is 13.1. The fourth-order valence-electron chi connectivity index (χ4n) is 2.13. The lowest BCUT2D eigenvalue weighted by Crippen LogP contribution is -2.32. The first-order valence-electron chi connectivity index (χ1n) is 6.62. The molecule has 0 radical (unpaired) electrons. The number of carboxylic acids is 1. The Morgan fingerprint density at radius 1 is 1.44 bits per heavy atom. The molecule has 3 heteroatoms. The molecule has 2 rings (SSSR count). The summed E-state index contributed by atoms with van der Waals surface area (Å²) < 4.78 is 0. The van der Waals surface area contributed by atoms with Crippen molar-refractivity contribution in [3.63, 3.8) is 0 Å². The zero-order valence-corrected chi connectivity index (χ0v) is 11.1. The predicted molar refractivity (Wildman–Crippen MR) is 71.7 cm³/mol. The Morgan fingerprint density at radius 3 is 2.72 bits per heavy atom. The van der Waals surface area contributed by atoms with Gasteiger partial charge in [-0.25, -0.2) is 4.79 Å². The Balaban J connectivity index is 2.05. The van der Waals surface area contributed by atoms with Gasteiger partial charge in [0.05, 0.1) is 5.56 Å². The fourth-order valence-corrected chi connectivity index (χ4v) is 2.13. The molecule has 98 valence electrons. The van der Waals surface area contributed by atoms with Crippen LogP contribution >= 0.6 is 0 Å². The van der Waals surface area contributed by atoms with Crippen LogP contribution in [0, 0.1) is 5.92 Å². The van der Waals surface area contributed by atoms with Crippen LogP contribution in [0.5, 0.6) is 0 Å². The molecule has 1 fully saturated rings. The monoisotopic (exact) mass is 247 g/mol. The number of aromatic carboxylic acids is 1. The van der Waals surface area contributed by atoms with E-state index < -0.39 is 5.97 Å². The molecule has 18 heavy (non-hydrogen) atoms. The highest BCUT2D eigenvalue weighted by Crippen LogP contribution is 2.30. The summed E-state index contributed by atoms with van der Waals surface area (Å²) in [6, 6.07) is 7.76. The molecule has 0 unspecified atom stereocenters. The molecule has 0 bridgehead atoms. The van der Waals surface area contributed by atoms with Crippen LogP contribution in [0.15, 0.2) is 24.3 Å². The average Bonchev–Trinajstić information content (AvgIpc) is 3.12. The molecule has 1 saturated carbocycles. The molecule has 0 saturated heterocycles. The van der Waals surface area contributed by atoms with Crippen LogP contribution in [0.4, 0.5) is 0 Å². The third kappa shape index (κ3) is 3.57.